The van der Waals surface area contributed by atoms with Crippen molar-refractivity contribution >= 4 is 32.4 Å². The molecule has 0 saturated carbocycles. The Labute approximate surface area is 289 Å². The zero-order chi connectivity index (χ0) is 30.2. The van der Waals surface area contributed by atoms with Crippen molar-refractivity contribution in [3.63, 3.8) is 0 Å². The summed E-state index contributed by atoms with van der Waals surface area (Å²) in [4.78, 5) is 0. The molecule has 7 rings (SSSR count). The van der Waals surface area contributed by atoms with Crippen molar-refractivity contribution in [3.05, 3.63) is 131 Å². The molecule has 2 heteroatoms. The van der Waals surface area contributed by atoms with Crippen molar-refractivity contribution in [1.29, 1.82) is 0 Å². The molecular weight excluding hydrogens is 624 g/mol. The standard InChI is InChI=1S/C34H31.C4H8Si.C4H9.Zr/c1-4-11-30(34-23(3)21-32-26-15-9-8-14-25(26)18-19-29(32)34)33-22(2)20-31-27(16-10-17-28(31)33)24-12-6-5-7-13-24;1-2-4-5-3-1;1-3-4-2;/h5-10,12-21,33-34H,4,11H2,1-3H3;1-4H2;1,3-4H2,2H3;/q-1;;-1;+2. The van der Waals surface area contributed by atoms with Crippen LogP contribution in [0, 0.1) is 12.8 Å². The summed E-state index contributed by atoms with van der Waals surface area (Å²) in [6, 6.07) is 34.3. The predicted molar refractivity (Wildman–Crippen MR) is 192 cm³/mol. The average molecular weight is 672 g/mol. The fourth-order valence-corrected chi connectivity index (χ4v) is 8.31. The minimum Gasteiger partial charge on any atom is -0.343 e. The molecule has 0 spiro atoms. The van der Waals surface area contributed by atoms with Gasteiger partial charge in [-0.1, -0.05) is 171 Å². The van der Waals surface area contributed by atoms with Crippen LogP contribution >= 0.6 is 0 Å². The molecule has 0 nitrogen and oxygen atoms in total. The second kappa shape index (κ2) is 16.9. The van der Waals surface area contributed by atoms with Crippen molar-refractivity contribution in [2.45, 2.75) is 90.1 Å². The van der Waals surface area contributed by atoms with E-state index in [-0.39, 0.29) is 26.2 Å². The van der Waals surface area contributed by atoms with Gasteiger partial charge in [-0.3, -0.25) is 5.92 Å². The fraction of sp³-hybridized carbons (Fsp3) is 0.333. The van der Waals surface area contributed by atoms with Crippen molar-refractivity contribution in [2.24, 2.45) is 0 Å². The van der Waals surface area contributed by atoms with Crippen LogP contribution in [0.5, 0.6) is 0 Å². The minimum absolute atomic E-state index is 0. The van der Waals surface area contributed by atoms with Crippen LogP contribution in [-0.4, -0.2) is 9.52 Å². The topological polar surface area (TPSA) is 0 Å². The Bertz CT molecular complexity index is 1550. The van der Waals surface area contributed by atoms with Crippen molar-refractivity contribution < 1.29 is 26.2 Å². The van der Waals surface area contributed by atoms with Gasteiger partial charge in [-0.05, 0) is 46.9 Å². The predicted octanol–water partition coefficient (Wildman–Crippen LogP) is 12.5. The van der Waals surface area contributed by atoms with E-state index in [4.69, 9.17) is 0 Å². The number of allylic oxidation sites excluding steroid dienone is 2. The Balaban J connectivity index is 0.000000386. The van der Waals surface area contributed by atoms with Gasteiger partial charge >= 0.3 is 26.2 Å². The molecule has 2 unspecified atom stereocenters. The van der Waals surface area contributed by atoms with Gasteiger partial charge in [-0.15, -0.1) is 11.8 Å². The second-order valence-electron chi connectivity index (χ2n) is 12.2. The molecule has 0 N–H and O–H groups in total. The van der Waals surface area contributed by atoms with Crippen LogP contribution in [0.4, 0.5) is 0 Å². The molecule has 44 heavy (non-hydrogen) atoms. The molecule has 0 bridgehead atoms. The molecule has 2 atom stereocenters. The SMILES string of the molecule is C1CC[Si]C1.CCC[C-](C1C(C)=Cc2c(-c3ccccc3)cccc21)C1C(C)=Cc2c1ccc1ccccc21.[CH2-]CCC.[Zr+2]. The van der Waals surface area contributed by atoms with Gasteiger partial charge < -0.3 is 6.92 Å². The molecule has 1 heterocycles. The monoisotopic (exact) mass is 670 g/mol. The van der Waals surface area contributed by atoms with Crippen LogP contribution in [-0.2, 0) is 26.2 Å². The molecule has 2 radical (unpaired) electrons. The van der Waals surface area contributed by atoms with Crippen LogP contribution < -0.4 is 0 Å². The summed E-state index contributed by atoms with van der Waals surface area (Å²) in [5, 5.41) is 2.71. The third-order valence-corrected chi connectivity index (χ3v) is 10.5. The summed E-state index contributed by atoms with van der Waals surface area (Å²) in [6.45, 7) is 12.7. The first-order chi connectivity index (χ1) is 21.1. The Morgan fingerprint density at radius 1 is 0.705 bits per heavy atom. The Morgan fingerprint density at radius 2 is 1.32 bits per heavy atom. The van der Waals surface area contributed by atoms with Gasteiger partial charge in [0, 0.05) is 9.52 Å². The van der Waals surface area contributed by atoms with Crippen molar-refractivity contribution in [1.82, 2.24) is 0 Å². The smallest absolute Gasteiger partial charge is 0.343 e. The molecule has 1 fully saturated rings. The Morgan fingerprint density at radius 3 is 1.93 bits per heavy atom. The normalized spacial score (nSPS) is 17.9. The van der Waals surface area contributed by atoms with E-state index in [0.717, 1.165) is 12.8 Å². The molecule has 0 aromatic heterocycles. The van der Waals surface area contributed by atoms with Gasteiger partial charge in [0.2, 0.25) is 0 Å². The molecule has 2 aliphatic carbocycles. The van der Waals surface area contributed by atoms with E-state index in [9.17, 15) is 0 Å². The number of hydrogen-bond donors (Lipinski definition) is 0. The summed E-state index contributed by atoms with van der Waals surface area (Å²) in [7, 11) is 1.31. The third kappa shape index (κ3) is 7.57. The van der Waals surface area contributed by atoms with E-state index in [0.29, 0.717) is 11.8 Å². The van der Waals surface area contributed by atoms with E-state index >= 15 is 0 Å². The molecule has 3 aliphatic rings. The van der Waals surface area contributed by atoms with E-state index in [1.54, 1.807) is 5.92 Å². The largest absolute Gasteiger partial charge is 2.00 e. The Kier molecular flexibility index (Phi) is 13.3. The van der Waals surface area contributed by atoms with Crippen molar-refractivity contribution in [2.75, 3.05) is 0 Å². The number of benzene rings is 4. The zero-order valence-corrected chi connectivity index (χ0v) is 30.7. The van der Waals surface area contributed by atoms with Gasteiger partial charge in [0.05, 0.1) is 0 Å². The second-order valence-corrected chi connectivity index (χ2v) is 13.7. The molecule has 4 aromatic rings. The Hall–Kier alpha value is -2.28. The maximum atomic E-state index is 3.60. The van der Waals surface area contributed by atoms with Crippen LogP contribution in [0.15, 0.2) is 96.1 Å². The maximum absolute atomic E-state index is 3.60. The van der Waals surface area contributed by atoms with Crippen LogP contribution in [0.1, 0.15) is 100 Å². The zero-order valence-electron chi connectivity index (χ0n) is 27.3. The maximum Gasteiger partial charge on any atom is 2.00 e. The van der Waals surface area contributed by atoms with Gasteiger partial charge in [-0.2, -0.15) is 12.8 Å². The minimum atomic E-state index is 0. The molecule has 4 aromatic carbocycles. The fourth-order valence-electron chi connectivity index (χ4n) is 7.06. The number of hydrogen-bond acceptors (Lipinski definition) is 0. The summed E-state index contributed by atoms with van der Waals surface area (Å²) in [5.41, 5.74) is 11.4. The molecule has 224 valence electrons. The summed E-state index contributed by atoms with van der Waals surface area (Å²) >= 11 is 0. The van der Waals surface area contributed by atoms with Gasteiger partial charge in [0.1, 0.15) is 0 Å². The number of rotatable bonds is 6. The third-order valence-electron chi connectivity index (χ3n) is 9.10. The molecule has 0 amide bonds. The molecule has 1 aliphatic heterocycles. The quantitative estimate of drug-likeness (QED) is 0.141. The van der Waals surface area contributed by atoms with Crippen LogP contribution in [0.2, 0.25) is 12.1 Å². The first-order valence-corrected chi connectivity index (χ1v) is 17.9. The number of fused-ring (bicyclic) bond motifs is 4. The average Bonchev–Trinajstić information content (AvgIpc) is 3.80. The summed E-state index contributed by atoms with van der Waals surface area (Å²) in [5.74, 6) is 2.42. The molecule has 1 saturated heterocycles. The van der Waals surface area contributed by atoms with E-state index < -0.39 is 0 Å². The number of unbranched alkanes of at least 4 members (excludes halogenated alkanes) is 1. The molecular formula is C42H48SiZr. The van der Waals surface area contributed by atoms with Crippen LogP contribution in [0.25, 0.3) is 34.1 Å². The van der Waals surface area contributed by atoms with Crippen LogP contribution in [0.3, 0.4) is 0 Å². The van der Waals surface area contributed by atoms with E-state index in [2.05, 4.69) is 132 Å². The first-order valence-electron chi connectivity index (χ1n) is 16.5. The van der Waals surface area contributed by atoms with Gasteiger partial charge in [0.25, 0.3) is 0 Å². The first kappa shape index (κ1) is 34.6. The van der Waals surface area contributed by atoms with Gasteiger partial charge in [-0.25, -0.2) is 0 Å². The van der Waals surface area contributed by atoms with E-state index in [1.807, 2.05) is 0 Å². The van der Waals surface area contributed by atoms with Gasteiger partial charge in [0.15, 0.2) is 0 Å². The van der Waals surface area contributed by atoms with Crippen molar-refractivity contribution in [3.8, 4) is 11.1 Å². The summed E-state index contributed by atoms with van der Waals surface area (Å²) in [6.07, 6.45) is 12.5. The van der Waals surface area contributed by atoms with E-state index in [1.165, 1.54) is 103 Å². The summed E-state index contributed by atoms with van der Waals surface area (Å²) < 4.78 is 0.